The number of aryl methyl sites for hydroxylation is 2. The average Bonchev–Trinajstić information content (AvgIpc) is 2.77. The Bertz CT molecular complexity index is 535. The fourth-order valence-corrected chi connectivity index (χ4v) is 2.13. The Hall–Kier alpha value is -1.93. The average molecular weight is 290 g/mol. The third-order valence-corrected chi connectivity index (χ3v) is 3.42. The van der Waals surface area contributed by atoms with Gasteiger partial charge in [-0.05, 0) is 13.8 Å². The lowest BCUT2D eigenvalue weighted by molar-refractivity contribution is -0.187. The van der Waals surface area contributed by atoms with Crippen LogP contribution in [0.1, 0.15) is 11.4 Å². The molecule has 20 heavy (non-hydrogen) atoms. The molecule has 1 fully saturated rings. The topological polar surface area (TPSA) is 79.2 Å². The molecule has 9 heteroatoms. The molecule has 1 aromatic heterocycles. The minimum Gasteiger partial charge on any atom is -0.481 e. The summed E-state index contributed by atoms with van der Waals surface area (Å²) in [5.74, 6) is -4.87. The number of carboxylic acids is 1. The molecule has 2 rings (SSSR count). The van der Waals surface area contributed by atoms with E-state index in [1.54, 1.807) is 13.8 Å². The quantitative estimate of drug-likeness (QED) is 0.881. The highest BCUT2D eigenvalue weighted by molar-refractivity contribution is 5.72. The molecule has 1 aliphatic heterocycles. The summed E-state index contributed by atoms with van der Waals surface area (Å²) in [6.45, 7) is 2.61. The monoisotopic (exact) mass is 290 g/mol. The van der Waals surface area contributed by atoms with Crippen LogP contribution in [0.25, 0.3) is 0 Å². The van der Waals surface area contributed by atoms with Crippen molar-refractivity contribution in [2.75, 3.05) is 18.0 Å². The van der Waals surface area contributed by atoms with Crippen molar-refractivity contribution >= 4 is 11.9 Å². The molecule has 1 aliphatic rings. The molecule has 0 spiro atoms. The minimum atomic E-state index is -4.56. The number of aliphatic carboxylic acids is 1. The van der Waals surface area contributed by atoms with Gasteiger partial charge in [0.2, 0.25) is 5.95 Å². The SMILES string of the molecule is Cc1nnc(N2C[C@@H](C(F)(F)F)[C@H](C(=O)O)C2)nc1C. The first-order valence-corrected chi connectivity index (χ1v) is 5.92. The molecule has 110 valence electrons. The van der Waals surface area contributed by atoms with Gasteiger partial charge in [-0.2, -0.15) is 18.3 Å². The zero-order valence-electron chi connectivity index (χ0n) is 10.8. The summed E-state index contributed by atoms with van der Waals surface area (Å²) in [6, 6.07) is 0. The lowest BCUT2D eigenvalue weighted by Crippen LogP contribution is -2.33. The Morgan fingerprint density at radius 1 is 1.25 bits per heavy atom. The van der Waals surface area contributed by atoms with Crippen molar-refractivity contribution in [3.63, 3.8) is 0 Å². The molecular formula is C11H13F3N4O2. The van der Waals surface area contributed by atoms with E-state index < -0.39 is 30.5 Å². The summed E-state index contributed by atoms with van der Waals surface area (Å²) in [4.78, 5) is 16.2. The van der Waals surface area contributed by atoms with Gasteiger partial charge in [0.25, 0.3) is 0 Å². The van der Waals surface area contributed by atoms with Gasteiger partial charge in [-0.3, -0.25) is 4.79 Å². The number of nitrogens with zero attached hydrogens (tertiary/aromatic N) is 4. The third-order valence-electron chi connectivity index (χ3n) is 3.42. The summed E-state index contributed by atoms with van der Waals surface area (Å²) in [5.41, 5.74) is 1.13. The predicted molar refractivity (Wildman–Crippen MR) is 62.2 cm³/mol. The second kappa shape index (κ2) is 4.88. The molecule has 0 aromatic carbocycles. The largest absolute Gasteiger partial charge is 0.481 e. The number of hydrogen-bond acceptors (Lipinski definition) is 5. The molecule has 6 nitrogen and oxygen atoms in total. The van der Waals surface area contributed by atoms with Gasteiger partial charge in [0.15, 0.2) is 0 Å². The third kappa shape index (κ3) is 2.66. The van der Waals surface area contributed by atoms with Crippen molar-refractivity contribution < 1.29 is 23.1 Å². The first-order chi connectivity index (χ1) is 9.20. The molecule has 1 N–H and O–H groups in total. The van der Waals surface area contributed by atoms with Gasteiger partial charge in [-0.25, -0.2) is 4.98 Å². The molecule has 0 amide bonds. The zero-order valence-corrected chi connectivity index (χ0v) is 10.8. The van der Waals surface area contributed by atoms with Crippen LogP contribution in [0.5, 0.6) is 0 Å². The van der Waals surface area contributed by atoms with Crippen LogP contribution in [-0.2, 0) is 4.79 Å². The fraction of sp³-hybridized carbons (Fsp3) is 0.636. The van der Waals surface area contributed by atoms with E-state index in [2.05, 4.69) is 15.2 Å². The van der Waals surface area contributed by atoms with Crippen molar-refractivity contribution in [1.29, 1.82) is 0 Å². The van der Waals surface area contributed by atoms with Crippen LogP contribution in [0.15, 0.2) is 0 Å². The van der Waals surface area contributed by atoms with Crippen LogP contribution >= 0.6 is 0 Å². The van der Waals surface area contributed by atoms with Crippen LogP contribution in [0, 0.1) is 25.7 Å². The lowest BCUT2D eigenvalue weighted by atomic mass is 9.96. The Balaban J connectivity index is 2.27. The zero-order chi connectivity index (χ0) is 15.1. The smallest absolute Gasteiger partial charge is 0.394 e. The highest BCUT2D eigenvalue weighted by atomic mass is 19.4. The van der Waals surface area contributed by atoms with Crippen LogP contribution in [0.4, 0.5) is 19.1 Å². The first-order valence-electron chi connectivity index (χ1n) is 5.92. The van der Waals surface area contributed by atoms with E-state index in [-0.39, 0.29) is 12.5 Å². The molecule has 2 atom stereocenters. The maximum Gasteiger partial charge on any atom is 0.394 e. The second-order valence-corrected chi connectivity index (χ2v) is 4.78. The summed E-state index contributed by atoms with van der Waals surface area (Å²) in [5, 5.41) is 16.5. The second-order valence-electron chi connectivity index (χ2n) is 4.78. The maximum absolute atomic E-state index is 12.9. The van der Waals surface area contributed by atoms with Crippen LogP contribution < -0.4 is 4.90 Å². The number of hydrogen-bond donors (Lipinski definition) is 1. The van der Waals surface area contributed by atoms with Crippen molar-refractivity contribution in [3.8, 4) is 0 Å². The summed E-state index contributed by atoms with van der Waals surface area (Å²) in [6.07, 6.45) is -4.56. The molecule has 0 bridgehead atoms. The van der Waals surface area contributed by atoms with Crippen molar-refractivity contribution in [2.45, 2.75) is 20.0 Å². The fourth-order valence-electron chi connectivity index (χ4n) is 2.13. The minimum absolute atomic E-state index is 0.0334. The van der Waals surface area contributed by atoms with E-state index in [4.69, 9.17) is 5.11 Å². The van der Waals surface area contributed by atoms with Gasteiger partial charge < -0.3 is 10.0 Å². The lowest BCUT2D eigenvalue weighted by Gasteiger charge is -2.18. The normalized spacial score (nSPS) is 23.1. The van der Waals surface area contributed by atoms with E-state index in [0.29, 0.717) is 11.4 Å². The number of carbonyl (C=O) groups is 1. The van der Waals surface area contributed by atoms with Crippen molar-refractivity contribution in [1.82, 2.24) is 15.2 Å². The number of alkyl halides is 3. The van der Waals surface area contributed by atoms with Gasteiger partial charge in [0, 0.05) is 13.1 Å². The van der Waals surface area contributed by atoms with Gasteiger partial charge in [0.1, 0.15) is 0 Å². The standard InChI is InChI=1S/C11H13F3N4O2/c1-5-6(2)16-17-10(15-5)18-3-7(9(19)20)8(4-18)11(12,13)14/h7-8H,3-4H2,1-2H3,(H,19,20)/t7-,8-/m1/s1. The molecular weight excluding hydrogens is 277 g/mol. The van der Waals surface area contributed by atoms with E-state index >= 15 is 0 Å². The Morgan fingerprint density at radius 3 is 2.35 bits per heavy atom. The van der Waals surface area contributed by atoms with Crippen molar-refractivity contribution in [2.24, 2.45) is 11.8 Å². The van der Waals surface area contributed by atoms with E-state index in [1.165, 1.54) is 4.90 Å². The summed E-state index contributed by atoms with van der Waals surface area (Å²) in [7, 11) is 0. The van der Waals surface area contributed by atoms with Crippen LogP contribution in [-0.4, -0.2) is 45.5 Å². The molecule has 0 radical (unpaired) electrons. The first kappa shape index (κ1) is 14.5. The molecule has 0 aliphatic carbocycles. The van der Waals surface area contributed by atoms with Crippen molar-refractivity contribution in [3.05, 3.63) is 11.4 Å². The number of carboxylic acid groups (broad SMARTS) is 1. The van der Waals surface area contributed by atoms with E-state index in [9.17, 15) is 18.0 Å². The van der Waals surface area contributed by atoms with Crippen LogP contribution in [0.3, 0.4) is 0 Å². The van der Waals surface area contributed by atoms with Gasteiger partial charge in [-0.15, -0.1) is 5.10 Å². The molecule has 0 saturated carbocycles. The van der Waals surface area contributed by atoms with E-state index in [0.717, 1.165) is 0 Å². The van der Waals surface area contributed by atoms with Gasteiger partial charge >= 0.3 is 12.1 Å². The predicted octanol–water partition coefficient (Wildman–Crippen LogP) is 1.19. The molecule has 2 heterocycles. The highest BCUT2D eigenvalue weighted by Gasteiger charge is 2.53. The molecule has 1 aromatic rings. The van der Waals surface area contributed by atoms with Crippen LogP contribution in [0.2, 0.25) is 0 Å². The van der Waals surface area contributed by atoms with Gasteiger partial charge in [0.05, 0.1) is 23.2 Å². The number of aromatic nitrogens is 3. The number of rotatable bonds is 2. The Kier molecular flexibility index (Phi) is 3.53. The number of halogens is 3. The molecule has 1 saturated heterocycles. The highest BCUT2D eigenvalue weighted by Crippen LogP contribution is 2.38. The summed E-state index contributed by atoms with van der Waals surface area (Å²) >= 11 is 0. The molecule has 0 unspecified atom stereocenters. The van der Waals surface area contributed by atoms with E-state index in [1.807, 2.05) is 0 Å². The summed E-state index contributed by atoms with van der Waals surface area (Å²) < 4.78 is 38.6. The number of anilines is 1. The maximum atomic E-state index is 12.9. The Labute approximate surface area is 112 Å². The Morgan fingerprint density at radius 2 is 1.90 bits per heavy atom. The van der Waals surface area contributed by atoms with Gasteiger partial charge in [-0.1, -0.05) is 0 Å².